The smallest absolute Gasteiger partial charge is 0.261 e. The molecule has 31 heavy (non-hydrogen) atoms. The first-order valence-corrected chi connectivity index (χ1v) is 10.7. The van der Waals surface area contributed by atoms with Crippen LogP contribution in [0, 0.1) is 11.6 Å². The van der Waals surface area contributed by atoms with E-state index in [9.17, 15) is 22.0 Å². The van der Waals surface area contributed by atoms with Gasteiger partial charge < -0.3 is 15.2 Å². The van der Waals surface area contributed by atoms with E-state index in [1.807, 2.05) is 0 Å². The lowest BCUT2D eigenvalue weighted by molar-refractivity contribution is 0.102. The van der Waals surface area contributed by atoms with Crippen LogP contribution >= 0.6 is 0 Å². The number of amides is 1. The van der Waals surface area contributed by atoms with Crippen LogP contribution in [0.3, 0.4) is 0 Å². The molecule has 162 valence electrons. The van der Waals surface area contributed by atoms with Crippen LogP contribution in [0.5, 0.6) is 5.88 Å². The van der Waals surface area contributed by atoms with E-state index in [1.54, 1.807) is 12.1 Å². The summed E-state index contributed by atoms with van der Waals surface area (Å²) in [5.74, 6) is -3.10. The van der Waals surface area contributed by atoms with Gasteiger partial charge in [0.1, 0.15) is 28.7 Å². The van der Waals surface area contributed by atoms with E-state index in [0.29, 0.717) is 17.3 Å². The minimum absolute atomic E-state index is 0.0371. The molecule has 0 radical (unpaired) electrons. The van der Waals surface area contributed by atoms with Gasteiger partial charge in [-0.25, -0.2) is 22.2 Å². The molecule has 0 aliphatic heterocycles. The van der Waals surface area contributed by atoms with Crippen molar-refractivity contribution in [3.05, 3.63) is 83.6 Å². The van der Waals surface area contributed by atoms with Gasteiger partial charge in [-0.15, -0.1) is 0 Å². The number of hydrogen-bond donors (Lipinski definition) is 2. The lowest BCUT2D eigenvalue weighted by atomic mass is 10.2. The number of rotatable bonds is 8. The number of halogens is 2. The second kappa shape index (κ2) is 9.63. The van der Waals surface area contributed by atoms with Gasteiger partial charge in [-0.1, -0.05) is 12.1 Å². The third-order valence-electron chi connectivity index (χ3n) is 4.12. The largest absolute Gasteiger partial charge is 0.475 e. The first-order valence-electron chi connectivity index (χ1n) is 9.07. The van der Waals surface area contributed by atoms with Crippen molar-refractivity contribution in [1.29, 1.82) is 0 Å². The maximum absolute atomic E-state index is 13.9. The number of ether oxygens (including phenoxy) is 1. The molecule has 3 aromatic rings. The quantitative estimate of drug-likeness (QED) is 0.514. The van der Waals surface area contributed by atoms with Gasteiger partial charge in [0.05, 0.1) is 12.4 Å². The molecule has 2 aromatic carbocycles. The average molecular weight is 448 g/mol. The summed E-state index contributed by atoms with van der Waals surface area (Å²) >= 11 is 0. The average Bonchev–Trinajstić information content (AvgIpc) is 2.72. The van der Waals surface area contributed by atoms with E-state index < -0.39 is 38.0 Å². The third kappa shape index (κ3) is 5.62. The number of nitrogens with zero attached hydrogens (tertiary/aromatic N) is 1. The van der Waals surface area contributed by atoms with Crippen LogP contribution in [-0.4, -0.2) is 37.6 Å². The van der Waals surface area contributed by atoms with E-state index in [1.165, 1.54) is 30.5 Å². The number of aliphatic hydroxyl groups excluding tert-OH is 1. The van der Waals surface area contributed by atoms with Crippen LogP contribution in [0.2, 0.25) is 0 Å². The molecule has 1 aromatic heterocycles. The Bertz CT molecular complexity index is 1200. The zero-order valence-corrected chi connectivity index (χ0v) is 16.9. The fourth-order valence-corrected chi connectivity index (χ4v) is 4.19. The molecule has 0 bridgehead atoms. The van der Waals surface area contributed by atoms with Crippen molar-refractivity contribution in [3.63, 3.8) is 0 Å². The summed E-state index contributed by atoms with van der Waals surface area (Å²) in [5.41, 5.74) is 0.723. The second-order valence-electron chi connectivity index (χ2n) is 6.42. The second-order valence-corrected chi connectivity index (χ2v) is 8.37. The van der Waals surface area contributed by atoms with Gasteiger partial charge in [-0.2, -0.15) is 0 Å². The summed E-state index contributed by atoms with van der Waals surface area (Å²) in [7, 11) is -4.08. The Morgan fingerprint density at radius 3 is 2.65 bits per heavy atom. The highest BCUT2D eigenvalue weighted by molar-refractivity contribution is 7.90. The van der Waals surface area contributed by atoms with Crippen LogP contribution in [-0.2, 0) is 15.6 Å². The highest BCUT2D eigenvalue weighted by Crippen LogP contribution is 2.23. The molecule has 0 unspecified atom stereocenters. The number of hydrogen-bond acceptors (Lipinski definition) is 6. The van der Waals surface area contributed by atoms with Crippen molar-refractivity contribution >= 4 is 21.4 Å². The Morgan fingerprint density at radius 1 is 1.10 bits per heavy atom. The molecule has 10 heteroatoms. The molecule has 1 amide bonds. The van der Waals surface area contributed by atoms with Gasteiger partial charge in [0.15, 0.2) is 9.84 Å². The molecule has 1 heterocycles. The zero-order valence-electron chi connectivity index (χ0n) is 16.1. The molecule has 0 aliphatic rings. The SMILES string of the molecule is O=C(Nc1cccc(CS(=O)(=O)c2ccc(F)cc2F)c1)c1cccnc1OCCO. The number of carbonyl (C=O) groups is 1. The summed E-state index contributed by atoms with van der Waals surface area (Å²) in [6.07, 6.45) is 1.43. The molecule has 0 aliphatic carbocycles. The Morgan fingerprint density at radius 2 is 1.90 bits per heavy atom. The van der Waals surface area contributed by atoms with E-state index in [4.69, 9.17) is 9.84 Å². The number of aliphatic hydroxyl groups is 1. The van der Waals surface area contributed by atoms with Crippen molar-refractivity contribution in [2.75, 3.05) is 18.5 Å². The minimum atomic E-state index is -4.08. The third-order valence-corrected chi connectivity index (χ3v) is 5.83. The number of pyridine rings is 1. The molecule has 0 fully saturated rings. The van der Waals surface area contributed by atoms with Crippen molar-refractivity contribution in [2.24, 2.45) is 0 Å². The van der Waals surface area contributed by atoms with E-state index in [2.05, 4.69) is 10.3 Å². The maximum atomic E-state index is 13.9. The van der Waals surface area contributed by atoms with Crippen LogP contribution in [0.4, 0.5) is 14.5 Å². The molecular formula is C21H18F2N2O5S. The van der Waals surface area contributed by atoms with E-state index in [0.717, 1.165) is 12.1 Å². The molecule has 0 atom stereocenters. The number of sulfone groups is 1. The number of carbonyl (C=O) groups excluding carboxylic acids is 1. The highest BCUT2D eigenvalue weighted by Gasteiger charge is 2.21. The predicted octanol–water partition coefficient (Wildman–Crippen LogP) is 2.96. The molecule has 3 rings (SSSR count). The van der Waals surface area contributed by atoms with E-state index in [-0.39, 0.29) is 24.7 Å². The molecule has 0 spiro atoms. The summed E-state index contributed by atoms with van der Waals surface area (Å²) < 4.78 is 57.3. The maximum Gasteiger partial charge on any atom is 0.261 e. The monoisotopic (exact) mass is 448 g/mol. The van der Waals surface area contributed by atoms with Crippen molar-refractivity contribution in [2.45, 2.75) is 10.6 Å². The van der Waals surface area contributed by atoms with Gasteiger partial charge in [0.2, 0.25) is 5.88 Å². The van der Waals surface area contributed by atoms with Crippen LogP contribution in [0.15, 0.2) is 65.7 Å². The minimum Gasteiger partial charge on any atom is -0.475 e. The molecular weight excluding hydrogens is 430 g/mol. The van der Waals surface area contributed by atoms with Crippen LogP contribution < -0.4 is 10.1 Å². The lowest BCUT2D eigenvalue weighted by Gasteiger charge is -2.11. The molecule has 2 N–H and O–H groups in total. The fourth-order valence-electron chi connectivity index (χ4n) is 2.78. The number of benzene rings is 2. The summed E-state index contributed by atoms with van der Waals surface area (Å²) in [6, 6.07) is 11.3. The zero-order chi connectivity index (χ0) is 22.4. The van der Waals surface area contributed by atoms with Gasteiger partial charge in [-0.3, -0.25) is 4.79 Å². The first-order chi connectivity index (χ1) is 14.8. The molecule has 7 nitrogen and oxygen atoms in total. The van der Waals surface area contributed by atoms with Crippen molar-refractivity contribution in [3.8, 4) is 5.88 Å². The number of aromatic nitrogens is 1. The number of nitrogens with one attached hydrogen (secondary N) is 1. The van der Waals surface area contributed by atoms with Gasteiger partial charge >= 0.3 is 0 Å². The van der Waals surface area contributed by atoms with Crippen molar-refractivity contribution in [1.82, 2.24) is 4.98 Å². The fraction of sp³-hybridized carbons (Fsp3) is 0.143. The normalized spacial score (nSPS) is 11.2. The van der Waals surface area contributed by atoms with Gasteiger partial charge in [0, 0.05) is 18.0 Å². The van der Waals surface area contributed by atoms with Crippen molar-refractivity contribution < 1.29 is 31.8 Å². The highest BCUT2D eigenvalue weighted by atomic mass is 32.2. The Kier molecular flexibility index (Phi) is 6.93. The Balaban J connectivity index is 1.79. The molecule has 0 saturated carbocycles. The molecule has 0 saturated heterocycles. The Labute approximate surface area is 177 Å². The van der Waals surface area contributed by atoms with Crippen LogP contribution in [0.25, 0.3) is 0 Å². The predicted molar refractivity (Wildman–Crippen MR) is 108 cm³/mol. The van der Waals surface area contributed by atoms with Crippen LogP contribution in [0.1, 0.15) is 15.9 Å². The standard InChI is InChI=1S/C21H18F2N2O5S/c22-15-6-7-19(18(23)12-15)31(28,29)13-14-3-1-4-16(11-14)25-20(27)17-5-2-8-24-21(17)30-10-9-26/h1-8,11-12,26H,9-10,13H2,(H,25,27). The summed E-state index contributed by atoms with van der Waals surface area (Å²) in [4.78, 5) is 15.9. The number of anilines is 1. The lowest BCUT2D eigenvalue weighted by Crippen LogP contribution is -2.15. The van der Waals surface area contributed by atoms with E-state index >= 15 is 0 Å². The first kappa shape index (κ1) is 22.3. The topological polar surface area (TPSA) is 106 Å². The summed E-state index contributed by atoms with van der Waals surface area (Å²) in [6.45, 7) is -0.284. The van der Waals surface area contributed by atoms with Gasteiger partial charge in [-0.05, 0) is 42.0 Å². The Hall–Kier alpha value is -3.37. The van der Waals surface area contributed by atoms with Gasteiger partial charge in [0.25, 0.3) is 5.91 Å². The summed E-state index contributed by atoms with van der Waals surface area (Å²) in [5, 5.41) is 11.5.